The van der Waals surface area contributed by atoms with Crippen LogP contribution in [0.25, 0.3) is 22.6 Å². The molecule has 0 amide bonds. The average Bonchev–Trinajstić information content (AvgIpc) is 3.18. The number of nitrogens with two attached hydrogens (primary N) is 2. The first-order chi connectivity index (χ1) is 14.6. The third kappa shape index (κ3) is 2.96. The summed E-state index contributed by atoms with van der Waals surface area (Å²) in [6.45, 7) is 0. The maximum Gasteiger partial charge on any atom is 0.227 e. The zero-order valence-corrected chi connectivity index (χ0v) is 16.8. The minimum absolute atomic E-state index is 0.222. The fourth-order valence-corrected chi connectivity index (χ4v) is 4.46. The number of fused-ring (bicyclic) bond motifs is 1. The number of methoxy groups -OCH3 is 1. The van der Waals surface area contributed by atoms with Crippen molar-refractivity contribution >= 4 is 28.7 Å². The predicted octanol–water partition coefficient (Wildman–Crippen LogP) is 3.61. The number of anilines is 1. The van der Waals surface area contributed by atoms with Gasteiger partial charge in [-0.1, -0.05) is 18.6 Å². The Kier molecular flexibility index (Phi) is 4.34. The number of hydrogen-bond acceptors (Lipinski definition) is 8. The van der Waals surface area contributed by atoms with E-state index in [0.717, 1.165) is 48.0 Å². The van der Waals surface area contributed by atoms with Crippen molar-refractivity contribution in [3.63, 3.8) is 0 Å². The number of ether oxygens (including phenoxy) is 1. The van der Waals surface area contributed by atoms with E-state index < -0.39 is 5.66 Å². The fraction of sp³-hybridized carbons (Fsp3) is 0.318. The molecule has 1 spiro atoms. The van der Waals surface area contributed by atoms with Gasteiger partial charge < -0.3 is 20.6 Å². The van der Waals surface area contributed by atoms with E-state index >= 15 is 0 Å². The van der Waals surface area contributed by atoms with Gasteiger partial charge in [0.1, 0.15) is 16.9 Å². The summed E-state index contributed by atoms with van der Waals surface area (Å²) in [5, 5.41) is 0. The normalized spacial score (nSPS) is 18.4. The lowest BCUT2D eigenvalue weighted by atomic mass is 9.87. The van der Waals surface area contributed by atoms with Gasteiger partial charge in [0.15, 0.2) is 5.58 Å². The fourth-order valence-electron chi connectivity index (χ4n) is 4.46. The summed E-state index contributed by atoms with van der Waals surface area (Å²) in [6.07, 6.45) is 4.96. The van der Waals surface area contributed by atoms with Gasteiger partial charge in [0.05, 0.1) is 12.8 Å². The van der Waals surface area contributed by atoms with Crippen molar-refractivity contribution in [3.8, 4) is 17.2 Å². The van der Waals surface area contributed by atoms with Crippen LogP contribution in [0.3, 0.4) is 0 Å². The van der Waals surface area contributed by atoms with Gasteiger partial charge in [0.25, 0.3) is 0 Å². The highest BCUT2D eigenvalue weighted by atomic mass is 16.5. The topological polar surface area (TPSA) is 115 Å². The van der Waals surface area contributed by atoms with Crippen molar-refractivity contribution in [3.05, 3.63) is 42.5 Å². The lowest BCUT2D eigenvalue weighted by molar-refractivity contribution is 0.303. The van der Waals surface area contributed by atoms with Crippen LogP contribution in [0.4, 0.5) is 5.69 Å². The summed E-state index contributed by atoms with van der Waals surface area (Å²) in [4.78, 5) is 15.6. The number of aromatic nitrogens is 1. The summed E-state index contributed by atoms with van der Waals surface area (Å²) < 4.78 is 11.6. The first kappa shape index (κ1) is 18.5. The van der Waals surface area contributed by atoms with Gasteiger partial charge in [0.2, 0.25) is 17.8 Å². The molecule has 1 aliphatic carbocycles. The Hall–Kier alpha value is -3.55. The van der Waals surface area contributed by atoms with Gasteiger partial charge in [-0.2, -0.15) is 4.99 Å². The van der Waals surface area contributed by atoms with Crippen molar-refractivity contribution in [1.82, 2.24) is 4.98 Å². The van der Waals surface area contributed by atoms with Crippen molar-refractivity contribution in [2.75, 3.05) is 12.0 Å². The lowest BCUT2D eigenvalue weighted by Gasteiger charge is -2.45. The molecule has 154 valence electrons. The van der Waals surface area contributed by atoms with E-state index in [0.29, 0.717) is 17.6 Å². The van der Waals surface area contributed by atoms with Crippen molar-refractivity contribution in [1.29, 1.82) is 0 Å². The van der Waals surface area contributed by atoms with Gasteiger partial charge in [-0.05, 0) is 56.0 Å². The van der Waals surface area contributed by atoms with Crippen LogP contribution >= 0.6 is 0 Å². The van der Waals surface area contributed by atoms with Crippen LogP contribution in [0.1, 0.15) is 32.1 Å². The van der Waals surface area contributed by atoms with E-state index in [1.54, 1.807) is 7.11 Å². The molecule has 8 nitrogen and oxygen atoms in total. The van der Waals surface area contributed by atoms with E-state index in [4.69, 9.17) is 25.6 Å². The number of para-hydroxylation sites is 2. The first-order valence-corrected chi connectivity index (χ1v) is 10.1. The summed E-state index contributed by atoms with van der Waals surface area (Å²) >= 11 is 0. The Morgan fingerprint density at radius 1 is 1.07 bits per heavy atom. The third-order valence-electron chi connectivity index (χ3n) is 5.81. The molecule has 1 fully saturated rings. The standard InChI is InChI=1S/C22H24N6O2/c1-29-18-10-9-14(19-25-15-7-3-4-8-17(15)30-19)13-16(18)28-21(24)26-20(23)27-22(28)11-5-2-6-12-22/h3-4,7-10,13H,2,5-6,11-12H2,1H3,(H4,23,24,26,27). The molecule has 0 bridgehead atoms. The van der Waals surface area contributed by atoms with E-state index in [2.05, 4.69) is 9.98 Å². The molecule has 0 saturated heterocycles. The minimum Gasteiger partial charge on any atom is -0.495 e. The smallest absolute Gasteiger partial charge is 0.227 e. The molecule has 2 heterocycles. The molecule has 0 radical (unpaired) electrons. The molecule has 2 aromatic carbocycles. The quantitative estimate of drug-likeness (QED) is 0.689. The van der Waals surface area contributed by atoms with Crippen molar-refractivity contribution in [2.45, 2.75) is 37.8 Å². The molecule has 3 aromatic rings. The largest absolute Gasteiger partial charge is 0.495 e. The molecule has 1 aromatic heterocycles. The maximum absolute atomic E-state index is 6.40. The molecule has 1 aliphatic heterocycles. The Bertz CT molecular complexity index is 1130. The van der Waals surface area contributed by atoms with Gasteiger partial charge >= 0.3 is 0 Å². The molecular weight excluding hydrogens is 380 g/mol. The molecule has 5 rings (SSSR count). The van der Waals surface area contributed by atoms with Crippen molar-refractivity contribution in [2.24, 2.45) is 21.5 Å². The van der Waals surface area contributed by atoms with Gasteiger partial charge in [-0.15, -0.1) is 0 Å². The average molecular weight is 404 g/mol. The molecule has 1 saturated carbocycles. The number of oxazole rings is 1. The molecule has 8 heteroatoms. The zero-order chi connectivity index (χ0) is 20.7. The van der Waals surface area contributed by atoms with Gasteiger partial charge in [0, 0.05) is 5.56 Å². The second-order valence-electron chi connectivity index (χ2n) is 7.69. The number of aliphatic imine (C=N–C) groups is 2. The van der Waals surface area contributed by atoms with E-state index in [1.807, 2.05) is 47.4 Å². The number of nitrogens with zero attached hydrogens (tertiary/aromatic N) is 4. The van der Waals surface area contributed by atoms with Crippen LogP contribution in [-0.4, -0.2) is 29.7 Å². The second kappa shape index (κ2) is 7.05. The minimum atomic E-state index is -0.554. The number of hydrogen-bond donors (Lipinski definition) is 2. The number of benzene rings is 2. The zero-order valence-electron chi connectivity index (χ0n) is 16.8. The van der Waals surface area contributed by atoms with Crippen LogP contribution in [-0.2, 0) is 0 Å². The summed E-state index contributed by atoms with van der Waals surface area (Å²) in [6, 6.07) is 13.5. The second-order valence-corrected chi connectivity index (χ2v) is 7.69. The van der Waals surface area contributed by atoms with Crippen LogP contribution in [0.2, 0.25) is 0 Å². The van der Waals surface area contributed by atoms with Crippen molar-refractivity contribution < 1.29 is 9.15 Å². The van der Waals surface area contributed by atoms with Crippen LogP contribution in [0, 0.1) is 0 Å². The summed E-state index contributed by atoms with van der Waals surface area (Å²) in [5.41, 5.74) is 15.0. The highest BCUT2D eigenvalue weighted by molar-refractivity contribution is 6.06. The molecular formula is C22H24N6O2. The van der Waals surface area contributed by atoms with E-state index in [9.17, 15) is 0 Å². The predicted molar refractivity (Wildman–Crippen MR) is 118 cm³/mol. The van der Waals surface area contributed by atoms with Crippen LogP contribution in [0.5, 0.6) is 5.75 Å². The van der Waals surface area contributed by atoms with Gasteiger partial charge in [-0.3, -0.25) is 4.90 Å². The Balaban J connectivity index is 1.65. The van der Waals surface area contributed by atoms with E-state index in [1.165, 1.54) is 6.42 Å². The third-order valence-corrected chi connectivity index (χ3v) is 5.81. The van der Waals surface area contributed by atoms with Crippen LogP contribution in [0.15, 0.2) is 56.9 Å². The highest BCUT2D eigenvalue weighted by Gasteiger charge is 2.43. The highest BCUT2D eigenvalue weighted by Crippen LogP contribution is 2.44. The SMILES string of the molecule is COc1ccc(-c2nc3ccccc3o2)cc1N1C(N)=NC(N)=NC12CCCCC2. The molecule has 2 aliphatic rings. The molecule has 30 heavy (non-hydrogen) atoms. The summed E-state index contributed by atoms with van der Waals surface area (Å²) in [5.74, 6) is 1.75. The molecule has 0 atom stereocenters. The Morgan fingerprint density at radius 3 is 2.63 bits per heavy atom. The summed E-state index contributed by atoms with van der Waals surface area (Å²) in [7, 11) is 1.64. The first-order valence-electron chi connectivity index (χ1n) is 10.1. The van der Waals surface area contributed by atoms with E-state index in [-0.39, 0.29) is 5.96 Å². The number of guanidine groups is 2. The monoisotopic (exact) mass is 404 g/mol. The van der Waals surface area contributed by atoms with Gasteiger partial charge in [-0.25, -0.2) is 9.98 Å². The maximum atomic E-state index is 6.40. The number of rotatable bonds is 3. The molecule has 4 N–H and O–H groups in total. The Labute approximate surface area is 174 Å². The lowest BCUT2D eigenvalue weighted by Crippen LogP contribution is -2.58. The molecule has 0 unspecified atom stereocenters. The Morgan fingerprint density at radius 2 is 1.87 bits per heavy atom. The van der Waals surface area contributed by atoms with Crippen LogP contribution < -0.4 is 21.1 Å².